The van der Waals surface area contributed by atoms with Gasteiger partial charge in [0, 0.05) is 39.4 Å². The normalized spacial score (nSPS) is 12.9. The lowest BCUT2D eigenvalue weighted by Crippen LogP contribution is -2.35. The predicted octanol–water partition coefficient (Wildman–Crippen LogP) is 5.74. The van der Waals surface area contributed by atoms with Crippen molar-refractivity contribution in [1.29, 1.82) is 0 Å². The highest BCUT2D eigenvalue weighted by Gasteiger charge is 2.29. The van der Waals surface area contributed by atoms with Crippen LogP contribution in [0.5, 0.6) is 11.6 Å². The summed E-state index contributed by atoms with van der Waals surface area (Å²) in [5, 5.41) is 0.673. The van der Waals surface area contributed by atoms with E-state index in [4.69, 9.17) is 14.2 Å². The van der Waals surface area contributed by atoms with Crippen LogP contribution in [0.25, 0.3) is 11.0 Å². The van der Waals surface area contributed by atoms with Gasteiger partial charge in [-0.15, -0.1) is 11.8 Å². The van der Waals surface area contributed by atoms with Crippen molar-refractivity contribution < 1.29 is 23.4 Å². The summed E-state index contributed by atoms with van der Waals surface area (Å²) >= 11 is 1.54. The number of pyridine rings is 2. The summed E-state index contributed by atoms with van der Waals surface area (Å²) in [6.45, 7) is 0.120. The van der Waals surface area contributed by atoms with Crippen molar-refractivity contribution in [3.05, 3.63) is 83.3 Å². The molecule has 0 unspecified atom stereocenters. The average molecular weight is 492 g/mol. The molecule has 178 valence electrons. The van der Waals surface area contributed by atoms with Crippen LogP contribution in [0, 0.1) is 5.82 Å². The van der Waals surface area contributed by atoms with Gasteiger partial charge in [0.1, 0.15) is 18.2 Å². The lowest BCUT2D eigenvalue weighted by molar-refractivity contribution is 0.141. The zero-order valence-corrected chi connectivity index (χ0v) is 20.0. The number of benzene rings is 2. The van der Waals surface area contributed by atoms with Gasteiger partial charge < -0.3 is 14.2 Å². The second-order valence-corrected chi connectivity index (χ2v) is 8.94. The predicted molar refractivity (Wildman–Crippen MR) is 131 cm³/mol. The van der Waals surface area contributed by atoms with Crippen LogP contribution in [-0.2, 0) is 23.6 Å². The van der Waals surface area contributed by atoms with Crippen LogP contribution in [-0.4, -0.2) is 30.3 Å². The van der Waals surface area contributed by atoms with Gasteiger partial charge in [-0.3, -0.25) is 4.90 Å². The van der Waals surface area contributed by atoms with E-state index >= 15 is 4.39 Å². The molecule has 0 atom stereocenters. The van der Waals surface area contributed by atoms with Gasteiger partial charge in [-0.1, -0.05) is 18.2 Å². The average Bonchev–Trinajstić information content (AvgIpc) is 2.89. The summed E-state index contributed by atoms with van der Waals surface area (Å²) in [6.07, 6.45) is 1.08. The highest BCUT2D eigenvalue weighted by Crippen LogP contribution is 2.35. The maximum absolute atomic E-state index is 15.1. The summed E-state index contributed by atoms with van der Waals surface area (Å²) in [4.78, 5) is 23.7. The quantitative estimate of drug-likeness (QED) is 0.306. The first kappa shape index (κ1) is 22.9. The van der Waals surface area contributed by atoms with E-state index in [0.717, 1.165) is 21.8 Å². The van der Waals surface area contributed by atoms with Gasteiger partial charge in [-0.05, 0) is 35.9 Å². The summed E-state index contributed by atoms with van der Waals surface area (Å²) in [5.74, 6) is 1.53. The summed E-state index contributed by atoms with van der Waals surface area (Å²) < 4.78 is 30.8. The number of hydrogen-bond acceptors (Lipinski definition) is 7. The molecule has 0 radical (unpaired) electrons. The van der Waals surface area contributed by atoms with Crippen LogP contribution in [0.15, 0.2) is 65.7 Å². The van der Waals surface area contributed by atoms with Gasteiger partial charge in [0.05, 0.1) is 26.5 Å². The third kappa shape index (κ3) is 4.72. The number of fused-ring (bicyclic) bond motifs is 3. The SMILES string of the molecule is COc1ccc(CSc2ccc(CN3C(=O)OCc4cnc5nc(OC)ccc5c43)c(F)c2)cc1. The Morgan fingerprint density at radius 3 is 2.66 bits per heavy atom. The molecular formula is C26H22FN3O4S. The van der Waals surface area contributed by atoms with Gasteiger partial charge in [0.2, 0.25) is 5.88 Å². The summed E-state index contributed by atoms with van der Waals surface area (Å²) in [7, 11) is 3.15. The Morgan fingerprint density at radius 2 is 1.91 bits per heavy atom. The third-order valence-corrected chi connectivity index (χ3v) is 6.78. The Kier molecular flexibility index (Phi) is 6.41. The smallest absolute Gasteiger partial charge is 0.414 e. The Labute approximate surface area is 205 Å². The number of nitrogens with zero attached hydrogens (tertiary/aromatic N) is 3. The zero-order chi connectivity index (χ0) is 24.4. The highest BCUT2D eigenvalue weighted by atomic mass is 32.2. The molecule has 0 spiro atoms. The molecule has 0 saturated heterocycles. The van der Waals surface area contributed by atoms with Gasteiger partial charge in [-0.25, -0.2) is 14.2 Å². The highest BCUT2D eigenvalue weighted by molar-refractivity contribution is 7.98. The number of cyclic esters (lactones) is 1. The second-order valence-electron chi connectivity index (χ2n) is 7.89. The Morgan fingerprint density at radius 1 is 1.09 bits per heavy atom. The van der Waals surface area contributed by atoms with Crippen LogP contribution in [0.2, 0.25) is 0 Å². The van der Waals surface area contributed by atoms with Gasteiger partial charge in [-0.2, -0.15) is 4.98 Å². The minimum atomic E-state index is -0.543. The number of halogens is 1. The van der Waals surface area contributed by atoms with Gasteiger partial charge >= 0.3 is 6.09 Å². The first-order valence-electron chi connectivity index (χ1n) is 10.9. The monoisotopic (exact) mass is 491 g/mol. The molecule has 0 fully saturated rings. The first-order chi connectivity index (χ1) is 17.1. The van der Waals surface area contributed by atoms with Crippen LogP contribution < -0.4 is 14.4 Å². The van der Waals surface area contributed by atoms with E-state index in [2.05, 4.69) is 9.97 Å². The number of rotatable bonds is 7. The molecule has 35 heavy (non-hydrogen) atoms. The van der Waals surface area contributed by atoms with E-state index in [0.29, 0.717) is 33.9 Å². The van der Waals surface area contributed by atoms with E-state index < -0.39 is 6.09 Å². The minimum absolute atomic E-state index is 0.0201. The molecule has 2 aromatic heterocycles. The number of aromatic nitrogens is 2. The van der Waals surface area contributed by atoms with Crippen molar-refractivity contribution in [2.45, 2.75) is 23.8 Å². The van der Waals surface area contributed by atoms with E-state index in [1.807, 2.05) is 30.3 Å². The fourth-order valence-electron chi connectivity index (χ4n) is 3.88. The second kappa shape index (κ2) is 9.79. The summed E-state index contributed by atoms with van der Waals surface area (Å²) in [5.41, 5.74) is 3.29. The lowest BCUT2D eigenvalue weighted by Gasteiger charge is -2.30. The number of methoxy groups -OCH3 is 2. The Balaban J connectivity index is 1.38. The molecule has 0 N–H and O–H groups in total. The first-order valence-corrected chi connectivity index (χ1v) is 11.9. The summed E-state index contributed by atoms with van der Waals surface area (Å²) in [6, 6.07) is 16.3. The molecule has 0 saturated carbocycles. The maximum atomic E-state index is 15.1. The van der Waals surface area contributed by atoms with Gasteiger partial charge in [0.25, 0.3) is 0 Å². The molecule has 1 amide bonds. The molecule has 4 aromatic rings. The van der Waals surface area contributed by atoms with E-state index in [1.54, 1.807) is 31.5 Å². The number of amides is 1. The Hall–Kier alpha value is -3.85. The van der Waals surface area contributed by atoms with Crippen LogP contribution >= 0.6 is 11.8 Å². The van der Waals surface area contributed by atoms with Crippen molar-refractivity contribution in [2.24, 2.45) is 0 Å². The fraction of sp³-hybridized carbons (Fsp3) is 0.192. The van der Waals surface area contributed by atoms with Gasteiger partial charge in [0.15, 0.2) is 5.65 Å². The number of thioether (sulfide) groups is 1. The van der Waals surface area contributed by atoms with Crippen LogP contribution in [0.1, 0.15) is 16.7 Å². The standard InChI is InChI=1S/C26H22FN3O4S/c1-32-19-6-3-16(4-7-19)15-35-20-8-5-17(22(27)11-20)13-30-24-18(14-34-26(30)31)12-28-25-21(24)9-10-23(29-25)33-2/h3-12H,13-15H2,1-2H3. The molecule has 5 rings (SSSR count). The molecule has 3 heterocycles. The number of hydrogen-bond donors (Lipinski definition) is 0. The number of carbonyl (C=O) groups is 1. The fourth-order valence-corrected chi connectivity index (χ4v) is 4.76. The van der Waals surface area contributed by atoms with Crippen molar-refractivity contribution in [3.63, 3.8) is 0 Å². The van der Waals surface area contributed by atoms with Crippen molar-refractivity contribution in [2.75, 3.05) is 19.1 Å². The van der Waals surface area contributed by atoms with E-state index in [9.17, 15) is 4.79 Å². The molecule has 9 heteroatoms. The van der Waals surface area contributed by atoms with E-state index in [-0.39, 0.29) is 19.0 Å². The molecule has 7 nitrogen and oxygen atoms in total. The topological polar surface area (TPSA) is 73.8 Å². The van der Waals surface area contributed by atoms with Crippen LogP contribution in [0.4, 0.5) is 14.9 Å². The van der Waals surface area contributed by atoms with Crippen molar-refractivity contribution >= 4 is 34.6 Å². The minimum Gasteiger partial charge on any atom is -0.497 e. The zero-order valence-electron chi connectivity index (χ0n) is 19.2. The van der Waals surface area contributed by atoms with E-state index in [1.165, 1.54) is 29.8 Å². The Bertz CT molecular complexity index is 1400. The van der Waals surface area contributed by atoms with Crippen molar-refractivity contribution in [1.82, 2.24) is 9.97 Å². The molecule has 0 aliphatic carbocycles. The molecule has 0 bridgehead atoms. The number of ether oxygens (including phenoxy) is 3. The largest absolute Gasteiger partial charge is 0.497 e. The molecular weight excluding hydrogens is 469 g/mol. The maximum Gasteiger partial charge on any atom is 0.414 e. The van der Waals surface area contributed by atoms with Crippen molar-refractivity contribution in [3.8, 4) is 11.6 Å². The number of carbonyl (C=O) groups excluding carboxylic acids is 1. The third-order valence-electron chi connectivity index (χ3n) is 5.72. The molecule has 1 aliphatic heterocycles. The molecule has 1 aliphatic rings. The van der Waals surface area contributed by atoms with Crippen LogP contribution in [0.3, 0.4) is 0 Å². The lowest BCUT2D eigenvalue weighted by atomic mass is 10.1. The number of anilines is 1. The molecule has 2 aromatic carbocycles.